The second-order valence-electron chi connectivity index (χ2n) is 7.09. The molecule has 2 N–H and O–H groups in total. The van der Waals surface area contributed by atoms with E-state index in [1.807, 2.05) is 42.6 Å². The number of hydrogen-bond acceptors (Lipinski definition) is 6. The minimum absolute atomic E-state index is 0.0881. The van der Waals surface area contributed by atoms with Crippen molar-refractivity contribution in [1.29, 1.82) is 0 Å². The molecule has 158 valence electrons. The number of likely N-dealkylation sites (tertiary alicyclic amines) is 1. The van der Waals surface area contributed by atoms with Gasteiger partial charge in [0.25, 0.3) is 0 Å². The van der Waals surface area contributed by atoms with Crippen LogP contribution in [0.1, 0.15) is 24.6 Å². The highest BCUT2D eigenvalue weighted by molar-refractivity contribution is 7.22. The van der Waals surface area contributed by atoms with Crippen LogP contribution in [0.25, 0.3) is 10.2 Å². The number of carbonyl (C=O) groups excluding carboxylic acids is 2. The van der Waals surface area contributed by atoms with Gasteiger partial charge in [-0.3, -0.25) is 4.79 Å². The summed E-state index contributed by atoms with van der Waals surface area (Å²) in [6, 6.07) is 9.55. The number of carbonyl (C=O) groups is 2. The Kier molecular flexibility index (Phi) is 6.49. The maximum Gasteiger partial charge on any atom is 0.317 e. The number of rotatable bonds is 6. The van der Waals surface area contributed by atoms with E-state index < -0.39 is 0 Å². The van der Waals surface area contributed by atoms with E-state index in [-0.39, 0.29) is 17.9 Å². The molecule has 0 bridgehead atoms. The first-order valence-electron chi connectivity index (χ1n) is 10.0. The van der Waals surface area contributed by atoms with Gasteiger partial charge in [0.15, 0.2) is 5.13 Å². The number of urea groups is 1. The molecule has 1 atom stereocenters. The highest BCUT2D eigenvalue weighted by Crippen LogP contribution is 2.30. The van der Waals surface area contributed by atoms with E-state index in [1.54, 1.807) is 16.2 Å². The molecule has 9 heteroatoms. The largest absolute Gasteiger partial charge is 0.494 e. The summed E-state index contributed by atoms with van der Waals surface area (Å²) >= 11 is 3.04. The summed E-state index contributed by atoms with van der Waals surface area (Å²) in [7, 11) is 0. The Morgan fingerprint density at radius 1 is 1.33 bits per heavy atom. The van der Waals surface area contributed by atoms with Crippen molar-refractivity contribution in [2.45, 2.75) is 26.3 Å². The fourth-order valence-corrected chi connectivity index (χ4v) is 5.03. The van der Waals surface area contributed by atoms with E-state index in [9.17, 15) is 9.59 Å². The Hall–Kier alpha value is -2.65. The number of benzene rings is 1. The molecule has 0 spiro atoms. The van der Waals surface area contributed by atoms with Crippen molar-refractivity contribution in [3.05, 3.63) is 40.6 Å². The van der Waals surface area contributed by atoms with E-state index >= 15 is 0 Å². The number of hydrogen-bond donors (Lipinski definition) is 2. The third-order valence-corrected chi connectivity index (χ3v) is 6.78. The van der Waals surface area contributed by atoms with Gasteiger partial charge in [-0.05, 0) is 49.4 Å². The molecule has 3 amide bonds. The number of ether oxygens (including phenoxy) is 1. The Bertz CT molecular complexity index is 1020. The highest BCUT2D eigenvalue weighted by atomic mass is 32.1. The molecule has 0 saturated carbocycles. The molecular formula is C21H24N4O3S2. The van der Waals surface area contributed by atoms with E-state index in [0.29, 0.717) is 31.4 Å². The molecule has 0 radical (unpaired) electrons. The van der Waals surface area contributed by atoms with Crippen LogP contribution >= 0.6 is 22.7 Å². The van der Waals surface area contributed by atoms with Crippen LogP contribution < -0.4 is 15.4 Å². The van der Waals surface area contributed by atoms with Crippen LogP contribution in [0.15, 0.2) is 35.7 Å². The summed E-state index contributed by atoms with van der Waals surface area (Å²) in [5.74, 6) is 0.468. The lowest BCUT2D eigenvalue weighted by atomic mass is 9.97. The molecule has 1 aliphatic rings. The molecule has 1 unspecified atom stereocenters. The molecule has 1 saturated heterocycles. The van der Waals surface area contributed by atoms with Gasteiger partial charge in [0, 0.05) is 18.0 Å². The van der Waals surface area contributed by atoms with Crippen molar-refractivity contribution in [2.75, 3.05) is 25.0 Å². The van der Waals surface area contributed by atoms with Crippen molar-refractivity contribution in [1.82, 2.24) is 15.2 Å². The standard InChI is InChI=1S/C21H24N4O3S2/c1-2-28-15-7-8-17-18(11-15)30-20(23-17)24-19(26)14-5-3-9-25(13-14)21(27)22-12-16-6-4-10-29-16/h4,6-8,10-11,14H,2-3,5,9,12-13H2,1H3,(H,22,27)(H,23,24,26). The summed E-state index contributed by atoms with van der Waals surface area (Å²) in [4.78, 5) is 32.6. The normalized spacial score (nSPS) is 16.4. The summed E-state index contributed by atoms with van der Waals surface area (Å²) in [5, 5.41) is 8.44. The first-order chi connectivity index (χ1) is 14.6. The maximum absolute atomic E-state index is 12.8. The van der Waals surface area contributed by atoms with Gasteiger partial charge in [-0.2, -0.15) is 0 Å². The van der Waals surface area contributed by atoms with Gasteiger partial charge >= 0.3 is 6.03 Å². The number of amides is 3. The quantitative estimate of drug-likeness (QED) is 0.593. The lowest BCUT2D eigenvalue weighted by Crippen LogP contribution is -2.47. The Balaban J connectivity index is 1.34. The fourth-order valence-electron chi connectivity index (χ4n) is 3.49. The van der Waals surface area contributed by atoms with Gasteiger partial charge in [-0.25, -0.2) is 9.78 Å². The SMILES string of the molecule is CCOc1ccc2nc(NC(=O)C3CCCN(C(=O)NCc4cccs4)C3)sc2c1. The van der Waals surface area contributed by atoms with Gasteiger partial charge in [0.2, 0.25) is 5.91 Å². The summed E-state index contributed by atoms with van der Waals surface area (Å²) in [6.07, 6.45) is 1.57. The molecule has 0 aliphatic carbocycles. The van der Waals surface area contributed by atoms with Crippen molar-refractivity contribution in [3.8, 4) is 5.75 Å². The molecule has 30 heavy (non-hydrogen) atoms. The van der Waals surface area contributed by atoms with Crippen LogP contribution in [0.4, 0.5) is 9.93 Å². The molecule has 2 aromatic heterocycles. The monoisotopic (exact) mass is 444 g/mol. The zero-order valence-electron chi connectivity index (χ0n) is 16.7. The average Bonchev–Trinajstić information content (AvgIpc) is 3.41. The topological polar surface area (TPSA) is 83.6 Å². The molecular weight excluding hydrogens is 420 g/mol. The smallest absolute Gasteiger partial charge is 0.317 e. The first kappa shape index (κ1) is 20.6. The molecule has 3 heterocycles. The fraction of sp³-hybridized carbons (Fsp3) is 0.381. The van der Waals surface area contributed by atoms with Crippen LogP contribution in [0.5, 0.6) is 5.75 Å². The van der Waals surface area contributed by atoms with Gasteiger partial charge in [0.05, 0.1) is 29.3 Å². The molecule has 1 aromatic carbocycles. The molecule has 1 fully saturated rings. The first-order valence-corrected chi connectivity index (χ1v) is 11.7. The predicted molar refractivity (Wildman–Crippen MR) is 120 cm³/mol. The van der Waals surface area contributed by atoms with Crippen molar-refractivity contribution in [3.63, 3.8) is 0 Å². The van der Waals surface area contributed by atoms with Crippen LogP contribution in [-0.2, 0) is 11.3 Å². The Morgan fingerprint density at radius 2 is 2.23 bits per heavy atom. The van der Waals surface area contributed by atoms with Gasteiger partial charge < -0.3 is 20.3 Å². The lowest BCUT2D eigenvalue weighted by molar-refractivity contribution is -0.121. The van der Waals surface area contributed by atoms with E-state index in [2.05, 4.69) is 15.6 Å². The second-order valence-corrected chi connectivity index (χ2v) is 9.16. The molecule has 3 aromatic rings. The molecule has 4 rings (SSSR count). The van der Waals surface area contributed by atoms with Gasteiger partial charge in [-0.1, -0.05) is 17.4 Å². The zero-order chi connectivity index (χ0) is 20.9. The minimum Gasteiger partial charge on any atom is -0.494 e. The van der Waals surface area contributed by atoms with Gasteiger partial charge in [0.1, 0.15) is 5.75 Å². The summed E-state index contributed by atoms with van der Waals surface area (Å²) in [5.41, 5.74) is 0.831. The maximum atomic E-state index is 12.8. The van der Waals surface area contributed by atoms with Crippen LogP contribution in [-0.4, -0.2) is 41.5 Å². The number of nitrogens with one attached hydrogen (secondary N) is 2. The third kappa shape index (κ3) is 4.91. The second kappa shape index (κ2) is 9.44. The minimum atomic E-state index is -0.239. The van der Waals surface area contributed by atoms with Crippen molar-refractivity contribution >= 4 is 50.0 Å². The van der Waals surface area contributed by atoms with Crippen LogP contribution in [0, 0.1) is 5.92 Å². The molecule has 1 aliphatic heterocycles. The zero-order valence-corrected chi connectivity index (χ0v) is 18.4. The number of thiophene rings is 1. The third-order valence-electron chi connectivity index (χ3n) is 4.97. The number of piperidine rings is 1. The average molecular weight is 445 g/mol. The predicted octanol–water partition coefficient (Wildman–Crippen LogP) is 4.32. The number of thiazole rings is 1. The van der Waals surface area contributed by atoms with Crippen molar-refractivity contribution in [2.24, 2.45) is 5.92 Å². The highest BCUT2D eigenvalue weighted by Gasteiger charge is 2.29. The summed E-state index contributed by atoms with van der Waals surface area (Å²) in [6.45, 7) is 4.15. The number of nitrogens with zero attached hydrogens (tertiary/aromatic N) is 2. The Labute approximate surface area is 183 Å². The number of aromatic nitrogens is 1. The van der Waals surface area contributed by atoms with E-state index in [1.165, 1.54) is 11.3 Å². The van der Waals surface area contributed by atoms with Crippen LogP contribution in [0.2, 0.25) is 0 Å². The summed E-state index contributed by atoms with van der Waals surface area (Å²) < 4.78 is 6.49. The van der Waals surface area contributed by atoms with Crippen molar-refractivity contribution < 1.29 is 14.3 Å². The van der Waals surface area contributed by atoms with Crippen LogP contribution in [0.3, 0.4) is 0 Å². The van der Waals surface area contributed by atoms with E-state index in [0.717, 1.165) is 33.7 Å². The number of fused-ring (bicyclic) bond motifs is 1. The lowest BCUT2D eigenvalue weighted by Gasteiger charge is -2.31. The van der Waals surface area contributed by atoms with E-state index in [4.69, 9.17) is 4.74 Å². The number of anilines is 1. The Morgan fingerprint density at radius 3 is 3.03 bits per heavy atom. The molecule has 7 nitrogen and oxygen atoms in total. The van der Waals surface area contributed by atoms with Gasteiger partial charge in [-0.15, -0.1) is 11.3 Å².